The standard InChI is InChI=1S/C9H9Cl2NO4S/c10-5-2-6-17(15,16)9-7(11)3-1-4-8(9)12(13)14/h1,3-4H,2,5-6H2. The third-order valence-electron chi connectivity index (χ3n) is 2.00. The van der Waals surface area contributed by atoms with Gasteiger partial charge in [0, 0.05) is 11.9 Å². The number of benzene rings is 1. The fourth-order valence-corrected chi connectivity index (χ4v) is 3.66. The van der Waals surface area contributed by atoms with E-state index in [0.717, 1.165) is 6.07 Å². The van der Waals surface area contributed by atoms with Gasteiger partial charge in [-0.1, -0.05) is 17.7 Å². The molecule has 1 rings (SSSR count). The molecular formula is C9H9Cl2NO4S. The summed E-state index contributed by atoms with van der Waals surface area (Å²) in [4.78, 5) is 9.55. The highest BCUT2D eigenvalue weighted by Gasteiger charge is 2.28. The lowest BCUT2D eigenvalue weighted by molar-refractivity contribution is -0.387. The van der Waals surface area contributed by atoms with Gasteiger partial charge in [0.25, 0.3) is 5.69 Å². The van der Waals surface area contributed by atoms with Crippen LogP contribution in [0.1, 0.15) is 6.42 Å². The summed E-state index contributed by atoms with van der Waals surface area (Å²) in [5.41, 5.74) is -0.507. The first-order valence-electron chi connectivity index (χ1n) is 4.62. The molecule has 0 atom stereocenters. The van der Waals surface area contributed by atoms with Crippen molar-refractivity contribution in [3.63, 3.8) is 0 Å². The summed E-state index contributed by atoms with van der Waals surface area (Å²) in [5.74, 6) is -0.0987. The van der Waals surface area contributed by atoms with Crippen LogP contribution in [0.5, 0.6) is 0 Å². The normalized spacial score (nSPS) is 11.4. The van der Waals surface area contributed by atoms with Crippen molar-refractivity contribution in [2.75, 3.05) is 11.6 Å². The second kappa shape index (κ2) is 5.66. The zero-order valence-corrected chi connectivity index (χ0v) is 10.9. The zero-order valence-electron chi connectivity index (χ0n) is 8.60. The second-order valence-corrected chi connectivity index (χ2v) is 6.04. The fraction of sp³-hybridized carbons (Fsp3) is 0.333. The molecule has 1 aromatic carbocycles. The van der Waals surface area contributed by atoms with Crippen LogP contribution in [0.2, 0.25) is 5.02 Å². The maximum Gasteiger partial charge on any atom is 0.289 e. The number of hydrogen-bond donors (Lipinski definition) is 0. The lowest BCUT2D eigenvalue weighted by Gasteiger charge is -2.06. The van der Waals surface area contributed by atoms with Crippen LogP contribution in [0.3, 0.4) is 0 Å². The van der Waals surface area contributed by atoms with Crippen molar-refractivity contribution in [3.8, 4) is 0 Å². The van der Waals surface area contributed by atoms with Crippen molar-refractivity contribution >= 4 is 38.7 Å². The number of nitro groups is 1. The highest BCUT2D eigenvalue weighted by Crippen LogP contribution is 2.31. The van der Waals surface area contributed by atoms with Gasteiger partial charge < -0.3 is 0 Å². The van der Waals surface area contributed by atoms with Crippen molar-refractivity contribution in [2.24, 2.45) is 0 Å². The number of nitro benzene ring substituents is 1. The molecule has 0 unspecified atom stereocenters. The molecule has 0 saturated heterocycles. The van der Waals surface area contributed by atoms with Crippen molar-refractivity contribution in [1.29, 1.82) is 0 Å². The Labute approximate surface area is 108 Å². The van der Waals surface area contributed by atoms with Crippen LogP contribution >= 0.6 is 23.2 Å². The van der Waals surface area contributed by atoms with Gasteiger partial charge in [0.15, 0.2) is 14.7 Å². The topological polar surface area (TPSA) is 77.3 Å². The van der Waals surface area contributed by atoms with E-state index in [1.54, 1.807) is 0 Å². The summed E-state index contributed by atoms with van der Waals surface area (Å²) in [6.07, 6.45) is 0.215. The quantitative estimate of drug-likeness (QED) is 0.475. The molecule has 0 amide bonds. The lowest BCUT2D eigenvalue weighted by atomic mass is 10.3. The number of hydrogen-bond acceptors (Lipinski definition) is 4. The minimum atomic E-state index is -3.79. The number of halogens is 2. The predicted octanol–water partition coefficient (Wildman–Crippen LogP) is 2.65. The van der Waals surface area contributed by atoms with Crippen LogP contribution in [0, 0.1) is 10.1 Å². The Morgan fingerprint density at radius 1 is 1.35 bits per heavy atom. The molecule has 0 aliphatic rings. The molecular weight excluding hydrogens is 289 g/mol. The summed E-state index contributed by atoms with van der Waals surface area (Å²) in [7, 11) is -3.79. The minimum Gasteiger partial charge on any atom is -0.258 e. The van der Waals surface area contributed by atoms with Crippen LogP contribution in [-0.2, 0) is 9.84 Å². The molecule has 0 aromatic heterocycles. The number of sulfone groups is 1. The van der Waals surface area contributed by atoms with Gasteiger partial charge >= 0.3 is 0 Å². The fourth-order valence-electron chi connectivity index (χ4n) is 1.30. The Bertz CT molecular complexity index is 530. The Hall–Kier alpha value is -0.850. The maximum absolute atomic E-state index is 11.9. The summed E-state index contributed by atoms with van der Waals surface area (Å²) >= 11 is 11.1. The summed E-state index contributed by atoms with van der Waals surface area (Å²) < 4.78 is 23.8. The maximum atomic E-state index is 11.9. The average Bonchev–Trinajstić information content (AvgIpc) is 2.25. The molecule has 5 nitrogen and oxygen atoms in total. The van der Waals surface area contributed by atoms with Crippen LogP contribution < -0.4 is 0 Å². The average molecular weight is 298 g/mol. The van der Waals surface area contributed by atoms with Crippen molar-refractivity contribution in [3.05, 3.63) is 33.3 Å². The van der Waals surface area contributed by atoms with Crippen LogP contribution in [0.25, 0.3) is 0 Å². The number of alkyl halides is 1. The van der Waals surface area contributed by atoms with Gasteiger partial charge in [-0.15, -0.1) is 11.6 Å². The summed E-state index contributed by atoms with van der Waals surface area (Å²) in [5, 5.41) is 10.6. The van der Waals surface area contributed by atoms with Gasteiger partial charge in [-0.3, -0.25) is 10.1 Å². The molecule has 0 bridgehead atoms. The second-order valence-electron chi connectivity index (χ2n) is 3.21. The van der Waals surface area contributed by atoms with Gasteiger partial charge in [0.1, 0.15) is 0 Å². The third-order valence-corrected chi connectivity index (χ3v) is 4.57. The van der Waals surface area contributed by atoms with Crippen molar-refractivity contribution in [1.82, 2.24) is 0 Å². The minimum absolute atomic E-state index is 0.145. The zero-order chi connectivity index (χ0) is 13.1. The Balaban J connectivity index is 3.34. The Kier molecular flexibility index (Phi) is 4.73. The number of nitrogens with zero attached hydrogens (tertiary/aromatic N) is 1. The molecule has 1 aromatic rings. The monoisotopic (exact) mass is 297 g/mol. The van der Waals surface area contributed by atoms with Crippen molar-refractivity contribution < 1.29 is 13.3 Å². The van der Waals surface area contributed by atoms with Gasteiger partial charge in [0.05, 0.1) is 15.7 Å². The SMILES string of the molecule is O=[N+]([O-])c1cccc(Cl)c1S(=O)(=O)CCCCl. The van der Waals surface area contributed by atoms with Crippen LogP contribution in [0.15, 0.2) is 23.1 Å². The van der Waals surface area contributed by atoms with E-state index in [4.69, 9.17) is 23.2 Å². The lowest BCUT2D eigenvalue weighted by Crippen LogP contribution is -2.10. The predicted molar refractivity (Wildman–Crippen MR) is 65.5 cm³/mol. The third kappa shape index (κ3) is 3.31. The van der Waals surface area contributed by atoms with Gasteiger partial charge in [-0.25, -0.2) is 8.42 Å². The van der Waals surface area contributed by atoms with E-state index in [2.05, 4.69) is 0 Å². The first-order valence-corrected chi connectivity index (χ1v) is 7.18. The highest BCUT2D eigenvalue weighted by atomic mass is 35.5. The van der Waals surface area contributed by atoms with E-state index in [1.807, 2.05) is 0 Å². The van der Waals surface area contributed by atoms with E-state index >= 15 is 0 Å². The van der Waals surface area contributed by atoms with E-state index < -0.39 is 25.3 Å². The van der Waals surface area contributed by atoms with E-state index in [9.17, 15) is 18.5 Å². The molecule has 0 heterocycles. The highest BCUT2D eigenvalue weighted by molar-refractivity contribution is 7.91. The number of rotatable bonds is 5. The smallest absolute Gasteiger partial charge is 0.258 e. The van der Waals surface area contributed by atoms with Gasteiger partial charge in [0.2, 0.25) is 0 Å². The van der Waals surface area contributed by atoms with E-state index in [1.165, 1.54) is 12.1 Å². The molecule has 0 spiro atoms. The molecule has 0 N–H and O–H groups in total. The molecule has 0 aliphatic heterocycles. The van der Waals surface area contributed by atoms with Crippen molar-refractivity contribution in [2.45, 2.75) is 11.3 Å². The Morgan fingerprint density at radius 3 is 2.53 bits per heavy atom. The van der Waals surface area contributed by atoms with Crippen LogP contribution in [-0.4, -0.2) is 25.0 Å². The van der Waals surface area contributed by atoms with Gasteiger partial charge in [-0.2, -0.15) is 0 Å². The molecule has 94 valence electrons. The molecule has 0 radical (unpaired) electrons. The molecule has 0 saturated carbocycles. The molecule has 8 heteroatoms. The van der Waals surface area contributed by atoms with E-state index in [-0.39, 0.29) is 23.1 Å². The van der Waals surface area contributed by atoms with Crippen LogP contribution in [0.4, 0.5) is 5.69 Å². The Morgan fingerprint density at radius 2 is 2.00 bits per heavy atom. The molecule has 0 aliphatic carbocycles. The first kappa shape index (κ1) is 14.2. The van der Waals surface area contributed by atoms with E-state index in [0.29, 0.717) is 0 Å². The first-order chi connectivity index (χ1) is 7.90. The molecule has 17 heavy (non-hydrogen) atoms. The largest absolute Gasteiger partial charge is 0.289 e. The summed E-state index contributed by atoms with van der Waals surface area (Å²) in [6.45, 7) is 0. The van der Waals surface area contributed by atoms with Gasteiger partial charge in [-0.05, 0) is 12.5 Å². The molecule has 0 fully saturated rings. The summed E-state index contributed by atoms with van der Waals surface area (Å²) in [6, 6.07) is 3.75.